The van der Waals surface area contributed by atoms with Crippen LogP contribution in [-0.2, 0) is 9.53 Å². The number of morpholine rings is 1. The summed E-state index contributed by atoms with van der Waals surface area (Å²) in [6, 6.07) is 11.0. The van der Waals surface area contributed by atoms with Gasteiger partial charge in [-0.25, -0.2) is 0 Å². The minimum atomic E-state index is 0.0688. The third-order valence-corrected chi connectivity index (χ3v) is 6.03. The molecule has 1 amide bonds. The van der Waals surface area contributed by atoms with E-state index in [-0.39, 0.29) is 5.92 Å². The molecule has 4 nitrogen and oxygen atoms in total. The van der Waals surface area contributed by atoms with E-state index >= 15 is 0 Å². The number of hydrogen-bond donors (Lipinski definition) is 0. The first-order valence-electron chi connectivity index (χ1n) is 9.48. The largest absolute Gasteiger partial charge is 0.379 e. The molecule has 1 aromatic rings. The number of ether oxygens (including phenoxy) is 1. The zero-order valence-electron chi connectivity index (χ0n) is 14.4. The molecule has 1 aliphatic carbocycles. The maximum atomic E-state index is 13.2. The second kappa shape index (κ2) is 7.24. The highest BCUT2D eigenvalue weighted by Crippen LogP contribution is 2.39. The summed E-state index contributed by atoms with van der Waals surface area (Å²) in [6.07, 6.45) is 4.95. The molecule has 0 radical (unpaired) electrons. The summed E-state index contributed by atoms with van der Waals surface area (Å²) in [6.45, 7) is 5.48. The first kappa shape index (κ1) is 16.1. The second-order valence-corrected chi connectivity index (χ2v) is 7.48. The lowest BCUT2D eigenvalue weighted by atomic mass is 9.83. The van der Waals surface area contributed by atoms with Gasteiger partial charge in [0.1, 0.15) is 0 Å². The minimum absolute atomic E-state index is 0.0688. The van der Waals surface area contributed by atoms with Crippen LogP contribution >= 0.6 is 0 Å². The van der Waals surface area contributed by atoms with Gasteiger partial charge in [0.25, 0.3) is 0 Å². The van der Waals surface area contributed by atoms with Crippen LogP contribution < -0.4 is 0 Å². The highest BCUT2D eigenvalue weighted by atomic mass is 16.5. The number of hydrogen-bond acceptors (Lipinski definition) is 3. The molecule has 1 aromatic carbocycles. The van der Waals surface area contributed by atoms with Crippen LogP contribution in [0.3, 0.4) is 0 Å². The van der Waals surface area contributed by atoms with E-state index in [0.29, 0.717) is 17.9 Å². The third-order valence-electron chi connectivity index (χ3n) is 6.03. The molecule has 24 heavy (non-hydrogen) atoms. The van der Waals surface area contributed by atoms with Crippen LogP contribution in [0.25, 0.3) is 0 Å². The summed E-state index contributed by atoms with van der Waals surface area (Å²) in [5, 5.41) is 0. The molecule has 0 N–H and O–H groups in total. The SMILES string of the molecule is O=C([C@@H](c1ccccc1)C1CCCC1)N1CC(N2CCOCC2)C1. The number of benzene rings is 1. The molecule has 3 fully saturated rings. The molecule has 0 aromatic heterocycles. The minimum Gasteiger partial charge on any atom is -0.379 e. The molecule has 4 rings (SSSR count). The number of amides is 1. The lowest BCUT2D eigenvalue weighted by Gasteiger charge is -2.48. The van der Waals surface area contributed by atoms with E-state index in [1.807, 2.05) is 6.07 Å². The average molecular weight is 328 g/mol. The molecule has 2 heterocycles. The van der Waals surface area contributed by atoms with Crippen molar-refractivity contribution in [1.82, 2.24) is 9.80 Å². The molecule has 2 aliphatic heterocycles. The summed E-state index contributed by atoms with van der Waals surface area (Å²) in [4.78, 5) is 17.8. The standard InChI is InChI=1S/C20H28N2O2/c23-20(22-14-18(15-22)21-10-12-24-13-11-21)19(17-8-4-5-9-17)16-6-2-1-3-7-16/h1-3,6-7,17-19H,4-5,8-15H2/t19-/m0/s1. The van der Waals surface area contributed by atoms with Crippen LogP contribution in [0.2, 0.25) is 0 Å². The van der Waals surface area contributed by atoms with Crippen molar-refractivity contribution >= 4 is 5.91 Å². The fraction of sp³-hybridized carbons (Fsp3) is 0.650. The van der Waals surface area contributed by atoms with Gasteiger partial charge in [-0.05, 0) is 24.3 Å². The number of nitrogens with zero attached hydrogens (tertiary/aromatic N) is 2. The quantitative estimate of drug-likeness (QED) is 0.851. The Morgan fingerprint density at radius 3 is 2.38 bits per heavy atom. The smallest absolute Gasteiger partial charge is 0.230 e. The first-order valence-corrected chi connectivity index (χ1v) is 9.48. The molecular weight excluding hydrogens is 300 g/mol. The molecule has 0 spiro atoms. The topological polar surface area (TPSA) is 32.8 Å². The normalized spacial score (nSPS) is 24.8. The van der Waals surface area contributed by atoms with Crippen molar-refractivity contribution in [2.75, 3.05) is 39.4 Å². The summed E-state index contributed by atoms with van der Waals surface area (Å²) in [7, 11) is 0. The van der Waals surface area contributed by atoms with E-state index in [0.717, 1.165) is 39.4 Å². The van der Waals surface area contributed by atoms with Crippen LogP contribution in [0, 0.1) is 5.92 Å². The van der Waals surface area contributed by atoms with Gasteiger partial charge in [-0.15, -0.1) is 0 Å². The van der Waals surface area contributed by atoms with Gasteiger partial charge >= 0.3 is 0 Å². The zero-order chi connectivity index (χ0) is 16.4. The summed E-state index contributed by atoms with van der Waals surface area (Å²) >= 11 is 0. The van der Waals surface area contributed by atoms with E-state index in [1.54, 1.807) is 0 Å². The summed E-state index contributed by atoms with van der Waals surface area (Å²) in [5.74, 6) is 0.958. The predicted octanol–water partition coefficient (Wildman–Crippen LogP) is 2.50. The maximum absolute atomic E-state index is 13.2. The van der Waals surface area contributed by atoms with Crippen molar-refractivity contribution in [3.05, 3.63) is 35.9 Å². The molecule has 130 valence electrons. The fourth-order valence-electron chi connectivity index (χ4n) is 4.57. The van der Waals surface area contributed by atoms with Gasteiger partial charge in [0.2, 0.25) is 5.91 Å². The monoisotopic (exact) mass is 328 g/mol. The zero-order valence-corrected chi connectivity index (χ0v) is 14.4. The number of rotatable bonds is 4. The van der Waals surface area contributed by atoms with Crippen molar-refractivity contribution in [2.45, 2.75) is 37.6 Å². The van der Waals surface area contributed by atoms with Crippen molar-refractivity contribution in [3.8, 4) is 0 Å². The van der Waals surface area contributed by atoms with Gasteiger partial charge in [-0.3, -0.25) is 9.69 Å². The van der Waals surface area contributed by atoms with Gasteiger partial charge in [0, 0.05) is 32.2 Å². The molecule has 3 aliphatic rings. The van der Waals surface area contributed by atoms with Crippen LogP contribution in [0.1, 0.15) is 37.2 Å². The maximum Gasteiger partial charge on any atom is 0.230 e. The fourth-order valence-corrected chi connectivity index (χ4v) is 4.57. The van der Waals surface area contributed by atoms with Crippen molar-refractivity contribution < 1.29 is 9.53 Å². The van der Waals surface area contributed by atoms with Crippen LogP contribution in [-0.4, -0.2) is 61.1 Å². The summed E-state index contributed by atoms with van der Waals surface area (Å²) in [5.41, 5.74) is 1.21. The van der Waals surface area contributed by atoms with Crippen molar-refractivity contribution in [2.24, 2.45) is 5.92 Å². The third kappa shape index (κ3) is 3.22. The number of carbonyl (C=O) groups is 1. The van der Waals surface area contributed by atoms with Gasteiger partial charge in [0.05, 0.1) is 19.1 Å². The lowest BCUT2D eigenvalue weighted by Crippen LogP contribution is -2.63. The predicted molar refractivity (Wildman–Crippen MR) is 93.9 cm³/mol. The average Bonchev–Trinajstić information content (AvgIpc) is 3.10. The first-order chi connectivity index (χ1) is 11.8. The molecule has 0 bridgehead atoms. The highest BCUT2D eigenvalue weighted by Gasteiger charge is 2.41. The summed E-state index contributed by atoms with van der Waals surface area (Å²) < 4.78 is 5.43. The van der Waals surface area contributed by atoms with Crippen molar-refractivity contribution in [1.29, 1.82) is 0 Å². The number of likely N-dealkylation sites (tertiary alicyclic amines) is 1. The molecule has 2 saturated heterocycles. The Bertz CT molecular complexity index is 544. The molecular formula is C20H28N2O2. The Hall–Kier alpha value is -1.39. The van der Waals surface area contributed by atoms with Gasteiger partial charge < -0.3 is 9.64 Å². The van der Waals surface area contributed by atoms with Crippen LogP contribution in [0.15, 0.2) is 30.3 Å². The van der Waals surface area contributed by atoms with Crippen molar-refractivity contribution in [3.63, 3.8) is 0 Å². The number of carbonyl (C=O) groups excluding carboxylic acids is 1. The second-order valence-electron chi connectivity index (χ2n) is 7.48. The van der Waals surface area contributed by atoms with E-state index in [2.05, 4.69) is 34.1 Å². The molecule has 1 saturated carbocycles. The Labute approximate surface area is 144 Å². The Morgan fingerprint density at radius 1 is 1.04 bits per heavy atom. The molecule has 0 unspecified atom stereocenters. The van der Waals surface area contributed by atoms with E-state index in [4.69, 9.17) is 4.74 Å². The van der Waals surface area contributed by atoms with Gasteiger partial charge in [-0.2, -0.15) is 0 Å². The lowest BCUT2D eigenvalue weighted by molar-refractivity contribution is -0.143. The Kier molecular flexibility index (Phi) is 4.86. The van der Waals surface area contributed by atoms with Gasteiger partial charge in [0.15, 0.2) is 0 Å². The Balaban J connectivity index is 1.42. The Morgan fingerprint density at radius 2 is 1.71 bits per heavy atom. The van der Waals surface area contributed by atoms with E-state index in [1.165, 1.54) is 31.2 Å². The van der Waals surface area contributed by atoms with Crippen LogP contribution in [0.5, 0.6) is 0 Å². The van der Waals surface area contributed by atoms with Gasteiger partial charge in [-0.1, -0.05) is 43.2 Å². The van der Waals surface area contributed by atoms with E-state index < -0.39 is 0 Å². The highest BCUT2D eigenvalue weighted by molar-refractivity contribution is 5.85. The molecule has 4 heteroatoms. The van der Waals surface area contributed by atoms with E-state index in [9.17, 15) is 4.79 Å². The van der Waals surface area contributed by atoms with Crippen LogP contribution in [0.4, 0.5) is 0 Å². The molecule has 1 atom stereocenters.